The van der Waals surface area contributed by atoms with Crippen molar-refractivity contribution >= 4 is 61.5 Å². The summed E-state index contributed by atoms with van der Waals surface area (Å²) in [5.41, 5.74) is 1.20. The Bertz CT molecular complexity index is 1040. The summed E-state index contributed by atoms with van der Waals surface area (Å²) in [5, 5.41) is 6.77. The number of hydrogen-bond donors (Lipinski definition) is 2. The molecule has 2 aromatic carbocycles. The molecule has 0 aliphatic heterocycles. The average Bonchev–Trinajstić information content (AvgIpc) is 3.06. The molecule has 1 aromatic heterocycles. The number of hydrogen-bond acceptors (Lipinski definition) is 6. The zero-order valence-electron chi connectivity index (χ0n) is 16.1. The normalized spacial score (nSPS) is 10.8. The van der Waals surface area contributed by atoms with Crippen molar-refractivity contribution in [3.05, 3.63) is 47.0 Å². The van der Waals surface area contributed by atoms with Crippen LogP contribution in [0.25, 0.3) is 10.2 Å². The Kier molecular flexibility index (Phi) is 6.89. The van der Waals surface area contributed by atoms with Gasteiger partial charge in [0.2, 0.25) is 0 Å². The second kappa shape index (κ2) is 9.39. The SMILES string of the molecule is COc1cc2sc(NC(=S)NC(=O)c3ccc(OCC(C)C)cc3)nc2cc1Cl. The van der Waals surface area contributed by atoms with Crippen molar-refractivity contribution in [3.63, 3.8) is 0 Å². The monoisotopic (exact) mass is 449 g/mol. The van der Waals surface area contributed by atoms with Crippen LogP contribution in [0.15, 0.2) is 36.4 Å². The van der Waals surface area contributed by atoms with Gasteiger partial charge in [-0.1, -0.05) is 36.8 Å². The van der Waals surface area contributed by atoms with E-state index in [9.17, 15) is 4.79 Å². The second-order valence-corrected chi connectivity index (χ2v) is 8.46. The number of fused-ring (bicyclic) bond motifs is 1. The Morgan fingerprint density at radius 3 is 2.66 bits per heavy atom. The van der Waals surface area contributed by atoms with Gasteiger partial charge < -0.3 is 14.8 Å². The molecule has 1 heterocycles. The molecule has 3 aromatic rings. The lowest BCUT2D eigenvalue weighted by Crippen LogP contribution is -2.34. The fourth-order valence-electron chi connectivity index (χ4n) is 2.41. The van der Waals surface area contributed by atoms with Crippen LogP contribution in [0, 0.1) is 5.92 Å². The maximum atomic E-state index is 12.4. The van der Waals surface area contributed by atoms with E-state index in [2.05, 4.69) is 29.5 Å². The van der Waals surface area contributed by atoms with E-state index in [-0.39, 0.29) is 11.0 Å². The van der Waals surface area contributed by atoms with Crippen LogP contribution in [-0.4, -0.2) is 29.7 Å². The van der Waals surface area contributed by atoms with Crippen molar-refractivity contribution < 1.29 is 14.3 Å². The van der Waals surface area contributed by atoms with Crippen molar-refractivity contribution in [2.45, 2.75) is 13.8 Å². The number of ether oxygens (including phenoxy) is 2. The molecular formula is C20H20ClN3O3S2. The maximum absolute atomic E-state index is 12.4. The summed E-state index contributed by atoms with van der Waals surface area (Å²) in [5.74, 6) is 1.41. The molecular weight excluding hydrogens is 430 g/mol. The summed E-state index contributed by atoms with van der Waals surface area (Å²) in [4.78, 5) is 16.8. The molecule has 29 heavy (non-hydrogen) atoms. The van der Waals surface area contributed by atoms with E-state index >= 15 is 0 Å². The Morgan fingerprint density at radius 2 is 2.00 bits per heavy atom. The Hall–Kier alpha value is -2.42. The van der Waals surface area contributed by atoms with E-state index < -0.39 is 0 Å². The van der Waals surface area contributed by atoms with Gasteiger partial charge in [-0.2, -0.15) is 0 Å². The first-order valence-electron chi connectivity index (χ1n) is 8.85. The second-order valence-electron chi connectivity index (χ2n) is 6.61. The van der Waals surface area contributed by atoms with Gasteiger partial charge in [0.25, 0.3) is 5.91 Å². The smallest absolute Gasteiger partial charge is 0.257 e. The number of carbonyl (C=O) groups excluding carboxylic acids is 1. The molecule has 0 saturated carbocycles. The molecule has 0 fully saturated rings. The van der Waals surface area contributed by atoms with Crippen LogP contribution in [0.2, 0.25) is 5.02 Å². The fourth-order valence-corrected chi connectivity index (χ4v) is 3.78. The molecule has 0 saturated heterocycles. The molecule has 2 N–H and O–H groups in total. The lowest BCUT2D eigenvalue weighted by atomic mass is 10.2. The molecule has 0 bridgehead atoms. The minimum absolute atomic E-state index is 0.159. The summed E-state index contributed by atoms with van der Waals surface area (Å²) in [6, 6.07) is 10.4. The highest BCUT2D eigenvalue weighted by Crippen LogP contribution is 2.34. The zero-order valence-corrected chi connectivity index (χ0v) is 18.5. The predicted octanol–water partition coefficient (Wildman–Crippen LogP) is 5.12. The quantitative estimate of drug-likeness (QED) is 0.509. The van der Waals surface area contributed by atoms with E-state index in [1.807, 2.05) is 6.07 Å². The standard InChI is InChI=1S/C20H20ClN3O3S2/c1-11(2)10-27-13-6-4-12(5-7-13)18(25)23-19(28)24-20-22-15-8-14(21)16(26-3)9-17(15)29-20/h4-9,11H,10H2,1-3H3,(H2,22,23,24,25,28). The first kappa shape index (κ1) is 21.3. The van der Waals surface area contributed by atoms with Crippen LogP contribution >= 0.6 is 35.2 Å². The summed E-state index contributed by atoms with van der Waals surface area (Å²) in [6.45, 7) is 4.78. The van der Waals surface area contributed by atoms with E-state index in [4.69, 9.17) is 33.3 Å². The summed E-state index contributed by atoms with van der Waals surface area (Å²) in [7, 11) is 1.56. The largest absolute Gasteiger partial charge is 0.495 e. The van der Waals surface area contributed by atoms with Gasteiger partial charge in [0.1, 0.15) is 11.5 Å². The highest BCUT2D eigenvalue weighted by Gasteiger charge is 2.12. The number of thiazole rings is 1. The van der Waals surface area contributed by atoms with Gasteiger partial charge in [0.05, 0.1) is 29.0 Å². The number of aromatic nitrogens is 1. The molecule has 0 spiro atoms. The molecule has 0 radical (unpaired) electrons. The average molecular weight is 450 g/mol. The number of amides is 1. The van der Waals surface area contributed by atoms with Gasteiger partial charge in [-0.05, 0) is 48.5 Å². The molecule has 0 aliphatic rings. The topological polar surface area (TPSA) is 72.5 Å². The van der Waals surface area contributed by atoms with Crippen molar-refractivity contribution in [2.75, 3.05) is 19.0 Å². The summed E-state index contributed by atoms with van der Waals surface area (Å²) >= 11 is 12.7. The first-order chi connectivity index (χ1) is 13.9. The van der Waals surface area contributed by atoms with E-state index in [1.54, 1.807) is 37.4 Å². The van der Waals surface area contributed by atoms with Gasteiger partial charge in [-0.3, -0.25) is 10.1 Å². The van der Waals surface area contributed by atoms with E-state index in [0.717, 1.165) is 16.0 Å². The van der Waals surface area contributed by atoms with Crippen LogP contribution in [0.4, 0.5) is 5.13 Å². The van der Waals surface area contributed by atoms with Crippen molar-refractivity contribution in [1.29, 1.82) is 0 Å². The lowest BCUT2D eigenvalue weighted by Gasteiger charge is -2.10. The maximum Gasteiger partial charge on any atom is 0.257 e. The lowest BCUT2D eigenvalue weighted by molar-refractivity contribution is 0.0977. The molecule has 9 heteroatoms. The minimum atomic E-state index is -0.316. The molecule has 0 aliphatic carbocycles. The number of thiocarbonyl (C=S) groups is 1. The van der Waals surface area contributed by atoms with Crippen LogP contribution in [0.3, 0.4) is 0 Å². The van der Waals surface area contributed by atoms with Crippen molar-refractivity contribution in [1.82, 2.24) is 10.3 Å². The highest BCUT2D eigenvalue weighted by molar-refractivity contribution is 7.80. The number of benzene rings is 2. The van der Waals surface area contributed by atoms with Gasteiger partial charge in [0.15, 0.2) is 10.2 Å². The number of halogens is 1. The van der Waals surface area contributed by atoms with E-state index in [0.29, 0.717) is 34.0 Å². The predicted molar refractivity (Wildman–Crippen MR) is 122 cm³/mol. The van der Waals surface area contributed by atoms with Crippen LogP contribution in [-0.2, 0) is 0 Å². The molecule has 0 atom stereocenters. The number of nitrogens with one attached hydrogen (secondary N) is 2. The zero-order chi connectivity index (χ0) is 21.0. The van der Waals surface area contributed by atoms with Gasteiger partial charge in [-0.25, -0.2) is 4.98 Å². The van der Waals surface area contributed by atoms with Gasteiger partial charge >= 0.3 is 0 Å². The molecule has 1 amide bonds. The van der Waals surface area contributed by atoms with Crippen molar-refractivity contribution in [2.24, 2.45) is 5.92 Å². The highest BCUT2D eigenvalue weighted by atomic mass is 35.5. The fraction of sp³-hybridized carbons (Fsp3) is 0.250. The first-order valence-corrected chi connectivity index (χ1v) is 10.4. The Labute approximate surface area is 183 Å². The number of rotatable bonds is 6. The Balaban J connectivity index is 1.61. The van der Waals surface area contributed by atoms with Crippen LogP contribution < -0.4 is 20.1 Å². The molecule has 152 valence electrons. The summed E-state index contributed by atoms with van der Waals surface area (Å²) < 4.78 is 11.7. The third-order valence-electron chi connectivity index (χ3n) is 3.81. The third-order valence-corrected chi connectivity index (χ3v) is 5.24. The van der Waals surface area contributed by atoms with Crippen LogP contribution in [0.5, 0.6) is 11.5 Å². The Morgan fingerprint density at radius 1 is 1.28 bits per heavy atom. The number of methoxy groups -OCH3 is 1. The van der Waals surface area contributed by atoms with Crippen LogP contribution in [0.1, 0.15) is 24.2 Å². The molecule has 6 nitrogen and oxygen atoms in total. The molecule has 3 rings (SSSR count). The number of carbonyl (C=O) groups is 1. The minimum Gasteiger partial charge on any atom is -0.495 e. The number of anilines is 1. The third kappa shape index (κ3) is 5.56. The number of nitrogens with zero attached hydrogens (tertiary/aromatic N) is 1. The summed E-state index contributed by atoms with van der Waals surface area (Å²) in [6.07, 6.45) is 0. The van der Waals surface area contributed by atoms with E-state index in [1.165, 1.54) is 11.3 Å². The van der Waals surface area contributed by atoms with Gasteiger partial charge in [0, 0.05) is 11.6 Å². The van der Waals surface area contributed by atoms with Gasteiger partial charge in [-0.15, -0.1) is 0 Å². The van der Waals surface area contributed by atoms with Crippen molar-refractivity contribution in [3.8, 4) is 11.5 Å². The molecule has 0 unspecified atom stereocenters.